The third-order valence-corrected chi connectivity index (χ3v) is 5.14. The van der Waals surface area contributed by atoms with Crippen LogP contribution in [0.15, 0.2) is 97.2 Å². The lowest BCUT2D eigenvalue weighted by Crippen LogP contribution is -2.36. The average molecular weight is 493 g/mol. The van der Waals surface area contributed by atoms with Crippen LogP contribution in [0.4, 0.5) is 0 Å². The van der Waals surface area contributed by atoms with Gasteiger partial charge in [0.2, 0.25) is 0 Å². The number of allylic oxidation sites excluding steroid dienone is 12. The van der Waals surface area contributed by atoms with Gasteiger partial charge in [-0.25, -0.2) is 0 Å². The van der Waals surface area contributed by atoms with Crippen molar-refractivity contribution < 1.29 is 15.0 Å². The molecule has 0 fully saturated rings. The topological polar surface area (TPSA) is 81.6 Å². The van der Waals surface area contributed by atoms with Gasteiger partial charge in [0.15, 0.2) is 0 Å². The maximum Gasteiger partial charge on any atom is 0.255 e. The molecule has 1 aromatic carbocycles. The van der Waals surface area contributed by atoms with Crippen molar-refractivity contribution in [3.63, 3.8) is 0 Å². The number of hydrogen-bond acceptors (Lipinski definition) is 4. The van der Waals surface area contributed by atoms with Crippen LogP contribution in [-0.4, -0.2) is 35.4 Å². The maximum atomic E-state index is 12.0. The summed E-state index contributed by atoms with van der Waals surface area (Å²) >= 11 is 0. The third kappa shape index (κ3) is 17.3. The van der Waals surface area contributed by atoms with E-state index >= 15 is 0 Å². The van der Waals surface area contributed by atoms with Gasteiger partial charge in [-0.2, -0.15) is 0 Å². The van der Waals surface area contributed by atoms with Crippen LogP contribution in [-0.2, 0) is 0 Å². The predicted molar refractivity (Wildman–Crippen MR) is 152 cm³/mol. The molecule has 0 aromatic heterocycles. The summed E-state index contributed by atoms with van der Waals surface area (Å²) in [6.07, 6.45) is 32.7. The minimum Gasteiger partial charge on any atom is -0.507 e. The monoisotopic (exact) mass is 492 g/mol. The molecule has 36 heavy (non-hydrogen) atoms. The number of carbonyl (C=O) groups excluding carboxylic acids is 1. The summed E-state index contributed by atoms with van der Waals surface area (Å²) in [6.45, 7) is 2.96. The van der Waals surface area contributed by atoms with Gasteiger partial charge in [-0.05, 0) is 63.5 Å². The highest BCUT2D eigenvalue weighted by atomic mass is 16.3. The Hall–Kier alpha value is -3.15. The molecular weight excluding hydrogens is 448 g/mol. The Morgan fingerprint density at radius 2 is 1.28 bits per heavy atom. The van der Waals surface area contributed by atoms with Gasteiger partial charge in [0, 0.05) is 13.1 Å². The number of para-hydroxylation sites is 1. The Kier molecular flexibility index (Phi) is 19.1. The lowest BCUT2D eigenvalue weighted by molar-refractivity contribution is 0.0942. The second-order valence-corrected chi connectivity index (χ2v) is 8.24. The molecular formula is C31H44N2O3. The quantitative estimate of drug-likeness (QED) is 0.101. The normalized spacial score (nSPS) is 13.4. The second-order valence-electron chi connectivity index (χ2n) is 8.24. The summed E-state index contributed by atoms with van der Waals surface area (Å²) in [7, 11) is 0. The maximum absolute atomic E-state index is 12.0. The number of rotatable bonds is 19. The van der Waals surface area contributed by atoms with E-state index in [0.29, 0.717) is 19.5 Å². The Labute approximate surface area is 217 Å². The smallest absolute Gasteiger partial charge is 0.255 e. The van der Waals surface area contributed by atoms with Crippen molar-refractivity contribution in [1.82, 2.24) is 10.6 Å². The van der Waals surface area contributed by atoms with Crippen LogP contribution in [0.3, 0.4) is 0 Å². The highest BCUT2D eigenvalue weighted by Crippen LogP contribution is 2.14. The molecule has 0 radical (unpaired) electrons. The van der Waals surface area contributed by atoms with Crippen molar-refractivity contribution in [3.8, 4) is 5.75 Å². The van der Waals surface area contributed by atoms with E-state index in [9.17, 15) is 15.0 Å². The van der Waals surface area contributed by atoms with Crippen molar-refractivity contribution >= 4 is 5.91 Å². The minimum atomic E-state index is -0.620. The lowest BCUT2D eigenvalue weighted by atomic mass is 10.2. The Balaban J connectivity index is 1.98. The Morgan fingerprint density at radius 3 is 1.81 bits per heavy atom. The molecule has 0 aliphatic rings. The van der Waals surface area contributed by atoms with Crippen molar-refractivity contribution in [2.75, 3.05) is 13.1 Å². The summed E-state index contributed by atoms with van der Waals surface area (Å²) in [5.74, 6) is -0.373. The van der Waals surface area contributed by atoms with Crippen LogP contribution in [0.5, 0.6) is 5.75 Å². The number of carbonyl (C=O) groups is 1. The van der Waals surface area contributed by atoms with Gasteiger partial charge < -0.3 is 15.5 Å². The van der Waals surface area contributed by atoms with Crippen molar-refractivity contribution in [2.24, 2.45) is 0 Å². The molecule has 0 heterocycles. The zero-order valence-corrected chi connectivity index (χ0v) is 21.7. The number of phenols is 1. The fourth-order valence-corrected chi connectivity index (χ4v) is 3.17. The van der Waals surface area contributed by atoms with Gasteiger partial charge in [-0.3, -0.25) is 10.1 Å². The van der Waals surface area contributed by atoms with E-state index in [1.54, 1.807) is 18.2 Å². The number of nitrogens with one attached hydrogen (secondary N) is 2. The number of aliphatic hydroxyl groups excluding tert-OH is 1. The molecule has 0 spiro atoms. The summed E-state index contributed by atoms with van der Waals surface area (Å²) in [5, 5.41) is 25.4. The van der Waals surface area contributed by atoms with E-state index in [4.69, 9.17) is 0 Å². The van der Waals surface area contributed by atoms with Gasteiger partial charge in [0.05, 0.1) is 5.56 Å². The molecule has 1 rings (SSSR count). The second kappa shape index (κ2) is 22.3. The number of phenolic OH excluding ortho intramolecular Hbond substituents is 1. The molecule has 1 atom stereocenters. The predicted octanol–water partition coefficient (Wildman–Crippen LogP) is 6.51. The molecule has 0 saturated heterocycles. The minimum absolute atomic E-state index is 0.0423. The summed E-state index contributed by atoms with van der Waals surface area (Å²) in [5.41, 5.74) is 0.246. The van der Waals surface area contributed by atoms with Gasteiger partial charge in [-0.1, -0.05) is 92.0 Å². The molecule has 1 unspecified atom stereocenters. The van der Waals surface area contributed by atoms with Crippen molar-refractivity contribution in [1.29, 1.82) is 0 Å². The number of aliphatic hydroxyl groups is 1. The summed E-state index contributed by atoms with van der Waals surface area (Å²) in [4.78, 5) is 12.0. The first-order chi connectivity index (χ1) is 17.6. The van der Waals surface area contributed by atoms with Gasteiger partial charge in [-0.15, -0.1) is 0 Å². The molecule has 1 amide bonds. The van der Waals surface area contributed by atoms with E-state index < -0.39 is 6.23 Å². The highest BCUT2D eigenvalue weighted by molar-refractivity contribution is 5.96. The fourth-order valence-electron chi connectivity index (χ4n) is 3.17. The molecule has 1 aromatic rings. The standard InChI is InChI=1S/C31H44N2O3/c1-2-3-4-5-6-7-8-9-10-11-12-13-14-15-16-17-18-19-20-25-30(35)32-26-27-33-31(36)28-23-21-22-24-29(28)34/h3-4,6-7,9-10,12-13,15-16,18-19,21-24,30,32,34-35H,2,5,8,11,14,17,20,25-27H2,1H3,(H,33,36)/b4-3-,7-6-,10-9-,13-12-,16-15-,19-18-. The van der Waals surface area contributed by atoms with Crippen LogP contribution >= 0.6 is 0 Å². The van der Waals surface area contributed by atoms with E-state index in [1.807, 2.05) is 0 Å². The SMILES string of the molecule is CC/C=C\C/C=C\C/C=C\C/C=C\C/C=C\C/C=C\CCC(O)NCCNC(=O)c1ccccc1O. The largest absolute Gasteiger partial charge is 0.507 e. The number of benzene rings is 1. The molecule has 5 nitrogen and oxygen atoms in total. The first-order valence-corrected chi connectivity index (χ1v) is 13.0. The Morgan fingerprint density at radius 1 is 0.778 bits per heavy atom. The summed E-state index contributed by atoms with van der Waals surface area (Å²) in [6, 6.07) is 6.42. The van der Waals surface area contributed by atoms with E-state index in [1.165, 1.54) is 6.07 Å². The lowest BCUT2D eigenvalue weighted by Gasteiger charge is -2.12. The van der Waals surface area contributed by atoms with Gasteiger partial charge in [0.1, 0.15) is 12.0 Å². The summed E-state index contributed by atoms with van der Waals surface area (Å²) < 4.78 is 0. The molecule has 0 bridgehead atoms. The molecule has 196 valence electrons. The molecule has 0 saturated carbocycles. The van der Waals surface area contributed by atoms with Crippen LogP contribution < -0.4 is 10.6 Å². The number of hydrogen-bond donors (Lipinski definition) is 4. The Bertz CT molecular complexity index is 882. The molecule has 0 aliphatic carbocycles. The molecule has 0 aliphatic heterocycles. The van der Waals surface area contributed by atoms with Crippen LogP contribution in [0.25, 0.3) is 0 Å². The zero-order valence-electron chi connectivity index (χ0n) is 21.7. The third-order valence-electron chi connectivity index (χ3n) is 5.14. The van der Waals surface area contributed by atoms with E-state index in [0.717, 1.165) is 44.9 Å². The van der Waals surface area contributed by atoms with Crippen LogP contribution in [0.2, 0.25) is 0 Å². The molecule has 4 N–H and O–H groups in total. The fraction of sp³-hybridized carbons (Fsp3) is 0.387. The molecule has 5 heteroatoms. The van der Waals surface area contributed by atoms with E-state index in [2.05, 4.69) is 90.5 Å². The van der Waals surface area contributed by atoms with Crippen LogP contribution in [0, 0.1) is 0 Å². The first kappa shape index (κ1) is 30.9. The average Bonchev–Trinajstić information content (AvgIpc) is 2.88. The van der Waals surface area contributed by atoms with Crippen LogP contribution in [0.1, 0.15) is 68.6 Å². The van der Waals surface area contributed by atoms with Crippen molar-refractivity contribution in [3.05, 3.63) is 103 Å². The highest BCUT2D eigenvalue weighted by Gasteiger charge is 2.09. The van der Waals surface area contributed by atoms with Gasteiger partial charge >= 0.3 is 0 Å². The van der Waals surface area contributed by atoms with Crippen molar-refractivity contribution in [2.45, 2.75) is 64.5 Å². The number of amides is 1. The first-order valence-electron chi connectivity index (χ1n) is 13.0. The number of aromatic hydroxyl groups is 1. The zero-order chi connectivity index (χ0) is 26.1. The van der Waals surface area contributed by atoms with Gasteiger partial charge in [0.25, 0.3) is 5.91 Å². The van der Waals surface area contributed by atoms with E-state index in [-0.39, 0.29) is 17.2 Å².